The van der Waals surface area contributed by atoms with Gasteiger partial charge in [-0.3, -0.25) is 9.36 Å². The first-order valence-electron chi connectivity index (χ1n) is 8.52. The van der Waals surface area contributed by atoms with Gasteiger partial charge in [0, 0.05) is 13.1 Å². The molecule has 0 saturated carbocycles. The van der Waals surface area contributed by atoms with Crippen LogP contribution in [-0.4, -0.2) is 51.5 Å². The average Bonchev–Trinajstić information content (AvgIpc) is 3.07. The number of para-hydroxylation sites is 2. The van der Waals surface area contributed by atoms with Gasteiger partial charge in [-0.2, -0.15) is 0 Å². The van der Waals surface area contributed by atoms with E-state index in [0.29, 0.717) is 22.7 Å². The van der Waals surface area contributed by atoms with Gasteiger partial charge in [-0.05, 0) is 30.4 Å². The van der Waals surface area contributed by atoms with Gasteiger partial charge < -0.3 is 9.64 Å². The average molecular weight is 360 g/mol. The molecular formula is C18H24N4O2S. The van der Waals surface area contributed by atoms with E-state index >= 15 is 0 Å². The Bertz CT molecular complexity index is 723. The zero-order chi connectivity index (χ0) is 17.8. The predicted octanol–water partition coefficient (Wildman–Crippen LogP) is 2.87. The number of ether oxygens (including phenoxy) is 1. The molecule has 25 heavy (non-hydrogen) atoms. The van der Waals surface area contributed by atoms with Crippen molar-refractivity contribution in [1.82, 2.24) is 19.7 Å². The van der Waals surface area contributed by atoms with Crippen molar-refractivity contribution in [2.75, 3.05) is 26.0 Å². The van der Waals surface area contributed by atoms with E-state index in [1.807, 2.05) is 33.7 Å². The van der Waals surface area contributed by atoms with Gasteiger partial charge >= 0.3 is 0 Å². The Morgan fingerprint density at radius 1 is 1.28 bits per heavy atom. The Balaban J connectivity index is 1.69. The number of carbonyl (C=O) groups is 1. The van der Waals surface area contributed by atoms with E-state index in [1.54, 1.807) is 13.4 Å². The maximum atomic E-state index is 12.6. The van der Waals surface area contributed by atoms with Crippen LogP contribution in [-0.2, 0) is 4.79 Å². The zero-order valence-corrected chi connectivity index (χ0v) is 15.7. The summed E-state index contributed by atoms with van der Waals surface area (Å²) < 4.78 is 7.27. The molecule has 2 aromatic rings. The summed E-state index contributed by atoms with van der Waals surface area (Å²) in [5.74, 6) is 2.41. The molecule has 1 saturated heterocycles. The number of aromatic nitrogens is 3. The van der Waals surface area contributed by atoms with Crippen molar-refractivity contribution < 1.29 is 9.53 Å². The summed E-state index contributed by atoms with van der Waals surface area (Å²) in [6, 6.07) is 7.70. The molecule has 0 N–H and O–H groups in total. The number of nitrogens with zero attached hydrogens (tertiary/aromatic N) is 4. The second kappa shape index (κ2) is 7.91. The fourth-order valence-electron chi connectivity index (χ4n) is 3.40. The second-order valence-corrected chi connectivity index (χ2v) is 7.63. The molecule has 0 aliphatic carbocycles. The number of amides is 1. The summed E-state index contributed by atoms with van der Waals surface area (Å²) in [6.45, 7) is 6.12. The maximum Gasteiger partial charge on any atom is 0.233 e. The summed E-state index contributed by atoms with van der Waals surface area (Å²) in [6.07, 6.45) is 2.84. The fourth-order valence-corrected chi connectivity index (χ4v) is 4.23. The van der Waals surface area contributed by atoms with Crippen LogP contribution in [0.3, 0.4) is 0 Å². The number of piperidine rings is 1. The lowest BCUT2D eigenvalue weighted by atomic mass is 9.92. The number of hydrogen-bond donors (Lipinski definition) is 0. The standard InChI is InChI=1S/C18H24N4O2S/c1-13-8-14(2)10-21(9-13)17(23)11-25-18-20-19-12-22(18)15-6-4-5-7-16(15)24-3/h4-7,12-14H,8-11H2,1-3H3. The van der Waals surface area contributed by atoms with E-state index in [-0.39, 0.29) is 5.91 Å². The third-order valence-corrected chi connectivity index (χ3v) is 5.34. The second-order valence-electron chi connectivity index (χ2n) is 6.69. The minimum Gasteiger partial charge on any atom is -0.495 e. The molecule has 3 rings (SSSR count). The third-order valence-electron chi connectivity index (χ3n) is 4.41. The number of likely N-dealkylation sites (tertiary alicyclic amines) is 1. The number of methoxy groups -OCH3 is 1. The topological polar surface area (TPSA) is 60.2 Å². The monoisotopic (exact) mass is 360 g/mol. The maximum absolute atomic E-state index is 12.6. The predicted molar refractivity (Wildman–Crippen MR) is 98.2 cm³/mol. The molecule has 1 amide bonds. The van der Waals surface area contributed by atoms with Gasteiger partial charge in [0.15, 0.2) is 5.16 Å². The van der Waals surface area contributed by atoms with Crippen molar-refractivity contribution in [1.29, 1.82) is 0 Å². The van der Waals surface area contributed by atoms with Crippen LogP contribution in [0.15, 0.2) is 35.7 Å². The van der Waals surface area contributed by atoms with E-state index in [9.17, 15) is 4.79 Å². The summed E-state index contributed by atoms with van der Waals surface area (Å²) in [7, 11) is 1.64. The Hall–Kier alpha value is -2.02. The quantitative estimate of drug-likeness (QED) is 0.768. The van der Waals surface area contributed by atoms with Crippen LogP contribution in [0.2, 0.25) is 0 Å². The summed E-state index contributed by atoms with van der Waals surface area (Å²) >= 11 is 1.41. The summed E-state index contributed by atoms with van der Waals surface area (Å²) in [5, 5.41) is 8.86. The number of rotatable bonds is 5. The molecule has 1 aromatic heterocycles. The number of carbonyl (C=O) groups excluding carboxylic acids is 1. The van der Waals surface area contributed by atoms with Gasteiger partial charge in [0.25, 0.3) is 0 Å². The van der Waals surface area contributed by atoms with Crippen molar-refractivity contribution in [3.8, 4) is 11.4 Å². The van der Waals surface area contributed by atoms with Crippen molar-refractivity contribution in [2.24, 2.45) is 11.8 Å². The molecular weight excluding hydrogens is 336 g/mol. The fraction of sp³-hybridized carbons (Fsp3) is 0.500. The number of thioether (sulfide) groups is 1. The van der Waals surface area contributed by atoms with E-state index in [1.165, 1.54) is 18.2 Å². The minimum atomic E-state index is 0.165. The molecule has 1 aromatic carbocycles. The molecule has 1 aliphatic rings. The number of benzene rings is 1. The Labute approximate surface area is 152 Å². The first-order chi connectivity index (χ1) is 12.1. The lowest BCUT2D eigenvalue weighted by Gasteiger charge is -2.34. The van der Waals surface area contributed by atoms with Gasteiger partial charge in [0.2, 0.25) is 5.91 Å². The van der Waals surface area contributed by atoms with Gasteiger partial charge in [-0.1, -0.05) is 37.7 Å². The zero-order valence-electron chi connectivity index (χ0n) is 14.9. The molecule has 0 bridgehead atoms. The molecule has 0 spiro atoms. The van der Waals surface area contributed by atoms with Crippen LogP contribution in [0.25, 0.3) is 5.69 Å². The Kier molecular flexibility index (Phi) is 5.63. The summed E-state index contributed by atoms with van der Waals surface area (Å²) in [5.41, 5.74) is 0.866. The normalized spacial score (nSPS) is 20.5. The highest BCUT2D eigenvalue weighted by Crippen LogP contribution is 2.27. The molecule has 2 unspecified atom stereocenters. The van der Waals surface area contributed by atoms with Crippen molar-refractivity contribution in [3.05, 3.63) is 30.6 Å². The van der Waals surface area contributed by atoms with Gasteiger partial charge in [0.05, 0.1) is 18.6 Å². The molecule has 1 aliphatic heterocycles. The molecule has 7 heteroatoms. The molecule has 2 atom stereocenters. The Morgan fingerprint density at radius 3 is 2.72 bits per heavy atom. The van der Waals surface area contributed by atoms with Crippen LogP contribution < -0.4 is 4.74 Å². The molecule has 6 nitrogen and oxygen atoms in total. The van der Waals surface area contributed by atoms with Crippen LogP contribution >= 0.6 is 11.8 Å². The van der Waals surface area contributed by atoms with E-state index < -0.39 is 0 Å². The highest BCUT2D eigenvalue weighted by atomic mass is 32.2. The van der Waals surface area contributed by atoms with Gasteiger partial charge in [-0.25, -0.2) is 0 Å². The van der Waals surface area contributed by atoms with Crippen LogP contribution in [0.5, 0.6) is 5.75 Å². The van der Waals surface area contributed by atoms with Crippen LogP contribution in [0.4, 0.5) is 0 Å². The first-order valence-corrected chi connectivity index (χ1v) is 9.51. The third kappa shape index (κ3) is 4.15. The lowest BCUT2D eigenvalue weighted by molar-refractivity contribution is -0.130. The largest absolute Gasteiger partial charge is 0.495 e. The summed E-state index contributed by atoms with van der Waals surface area (Å²) in [4.78, 5) is 14.6. The van der Waals surface area contributed by atoms with Crippen molar-refractivity contribution >= 4 is 17.7 Å². The van der Waals surface area contributed by atoms with Crippen molar-refractivity contribution in [2.45, 2.75) is 25.4 Å². The van der Waals surface area contributed by atoms with E-state index in [4.69, 9.17) is 4.74 Å². The lowest BCUT2D eigenvalue weighted by Crippen LogP contribution is -2.43. The number of hydrogen-bond acceptors (Lipinski definition) is 5. The molecule has 1 fully saturated rings. The molecule has 0 radical (unpaired) electrons. The molecule has 134 valence electrons. The highest BCUT2D eigenvalue weighted by Gasteiger charge is 2.25. The van der Waals surface area contributed by atoms with Crippen LogP contribution in [0.1, 0.15) is 20.3 Å². The van der Waals surface area contributed by atoms with Gasteiger partial charge in [0.1, 0.15) is 12.1 Å². The molecule has 2 heterocycles. The Morgan fingerprint density at radius 2 is 2.00 bits per heavy atom. The van der Waals surface area contributed by atoms with Gasteiger partial charge in [-0.15, -0.1) is 10.2 Å². The van der Waals surface area contributed by atoms with E-state index in [2.05, 4.69) is 24.0 Å². The SMILES string of the molecule is COc1ccccc1-n1cnnc1SCC(=O)N1CC(C)CC(C)C1. The van der Waals surface area contributed by atoms with Crippen LogP contribution in [0, 0.1) is 11.8 Å². The first kappa shape index (κ1) is 17.8. The highest BCUT2D eigenvalue weighted by molar-refractivity contribution is 7.99. The smallest absolute Gasteiger partial charge is 0.233 e. The van der Waals surface area contributed by atoms with E-state index in [0.717, 1.165) is 24.5 Å². The minimum absolute atomic E-state index is 0.165. The van der Waals surface area contributed by atoms with Crippen molar-refractivity contribution in [3.63, 3.8) is 0 Å².